The Morgan fingerprint density at radius 2 is 2.04 bits per heavy atom. The van der Waals surface area contributed by atoms with Gasteiger partial charge in [-0.1, -0.05) is 0 Å². The maximum atomic E-state index is 12.2. The van der Waals surface area contributed by atoms with E-state index in [0.29, 0.717) is 43.0 Å². The lowest BCUT2D eigenvalue weighted by Crippen LogP contribution is -2.03. The number of rotatable bonds is 2. The maximum Gasteiger partial charge on any atom is 0.357 e. The molecule has 4 rings (SSSR count). The molecule has 120 valence electrons. The predicted molar refractivity (Wildman–Crippen MR) is 90.6 cm³/mol. The summed E-state index contributed by atoms with van der Waals surface area (Å²) in [5.74, 6) is 0.693. The van der Waals surface area contributed by atoms with Crippen molar-refractivity contribution in [2.75, 3.05) is 0 Å². The van der Waals surface area contributed by atoms with Gasteiger partial charge in [0.2, 0.25) is 0 Å². The summed E-state index contributed by atoms with van der Waals surface area (Å²) in [6, 6.07) is 3.53. The Balaban J connectivity index is 2.32. The lowest BCUT2D eigenvalue weighted by molar-refractivity contribution is 0.101. The first-order valence-electron chi connectivity index (χ1n) is 7.26. The SMILES string of the molecule is CC(=O)c1c(C)nc2sc3c(=O)oc(C)nc3c2c1-c1ccco1. The number of aryl methyl sites for hydroxylation is 2. The molecule has 0 aromatic carbocycles. The second-order valence-corrected chi connectivity index (χ2v) is 6.46. The minimum atomic E-state index is -0.451. The molecule has 0 aliphatic heterocycles. The molecule has 0 fully saturated rings. The molecule has 4 heterocycles. The number of carbonyl (C=O) groups is 1. The summed E-state index contributed by atoms with van der Waals surface area (Å²) in [6.45, 7) is 4.88. The molecule has 0 bridgehead atoms. The van der Waals surface area contributed by atoms with E-state index < -0.39 is 5.63 Å². The van der Waals surface area contributed by atoms with Gasteiger partial charge in [-0.15, -0.1) is 11.3 Å². The number of nitrogens with zero attached hydrogens (tertiary/aromatic N) is 2. The largest absolute Gasteiger partial charge is 0.464 e. The van der Waals surface area contributed by atoms with Crippen molar-refractivity contribution in [2.45, 2.75) is 20.8 Å². The van der Waals surface area contributed by atoms with Crippen molar-refractivity contribution in [3.05, 3.63) is 46.0 Å². The molecule has 0 atom stereocenters. The predicted octanol–water partition coefficient (Wildman–Crippen LogP) is 3.88. The summed E-state index contributed by atoms with van der Waals surface area (Å²) < 4.78 is 11.0. The highest BCUT2D eigenvalue weighted by molar-refractivity contribution is 7.25. The molecule has 0 saturated carbocycles. The molecular weight excluding hydrogens is 328 g/mol. The highest BCUT2D eigenvalue weighted by Crippen LogP contribution is 2.40. The molecule has 0 saturated heterocycles. The van der Waals surface area contributed by atoms with Crippen molar-refractivity contribution in [3.8, 4) is 11.3 Å². The van der Waals surface area contributed by atoms with Crippen LogP contribution < -0.4 is 5.63 Å². The van der Waals surface area contributed by atoms with Crippen molar-refractivity contribution in [1.29, 1.82) is 0 Å². The van der Waals surface area contributed by atoms with Crippen LogP contribution in [-0.2, 0) is 0 Å². The zero-order chi connectivity index (χ0) is 17.0. The molecule has 0 unspecified atom stereocenters. The second-order valence-electron chi connectivity index (χ2n) is 5.46. The minimum absolute atomic E-state index is 0.118. The van der Waals surface area contributed by atoms with Gasteiger partial charge in [-0.05, 0) is 26.0 Å². The molecular formula is C17H12N2O4S. The van der Waals surface area contributed by atoms with Crippen LogP contribution in [0.25, 0.3) is 31.8 Å². The average Bonchev–Trinajstić information content (AvgIpc) is 3.13. The van der Waals surface area contributed by atoms with Crippen LogP contribution in [0.2, 0.25) is 0 Å². The van der Waals surface area contributed by atoms with Crippen molar-refractivity contribution >= 4 is 37.6 Å². The van der Waals surface area contributed by atoms with Crippen LogP contribution in [0.3, 0.4) is 0 Å². The molecule has 24 heavy (non-hydrogen) atoms. The average molecular weight is 340 g/mol. The van der Waals surface area contributed by atoms with Gasteiger partial charge in [-0.25, -0.2) is 14.8 Å². The fraction of sp³-hybridized carbons (Fsp3) is 0.176. The van der Waals surface area contributed by atoms with Crippen LogP contribution in [0.5, 0.6) is 0 Å². The fourth-order valence-corrected chi connectivity index (χ4v) is 3.98. The van der Waals surface area contributed by atoms with Crippen LogP contribution in [0.4, 0.5) is 0 Å². The van der Waals surface area contributed by atoms with Gasteiger partial charge < -0.3 is 8.83 Å². The molecule has 0 spiro atoms. The fourth-order valence-electron chi connectivity index (χ4n) is 2.93. The quantitative estimate of drug-likeness (QED) is 0.515. The van der Waals surface area contributed by atoms with E-state index in [1.807, 2.05) is 0 Å². The van der Waals surface area contributed by atoms with Crippen LogP contribution in [-0.4, -0.2) is 15.8 Å². The van der Waals surface area contributed by atoms with Gasteiger partial charge in [-0.3, -0.25) is 4.79 Å². The van der Waals surface area contributed by atoms with E-state index in [1.54, 1.807) is 32.2 Å². The van der Waals surface area contributed by atoms with E-state index in [9.17, 15) is 9.59 Å². The van der Waals surface area contributed by atoms with Gasteiger partial charge in [0, 0.05) is 17.9 Å². The number of hydrogen-bond acceptors (Lipinski definition) is 7. The molecule has 4 aromatic heterocycles. The zero-order valence-electron chi connectivity index (χ0n) is 13.2. The van der Waals surface area contributed by atoms with Gasteiger partial charge in [0.15, 0.2) is 11.7 Å². The van der Waals surface area contributed by atoms with Crippen LogP contribution in [0.15, 0.2) is 32.0 Å². The molecule has 0 aliphatic rings. The van der Waals surface area contributed by atoms with E-state index in [-0.39, 0.29) is 11.7 Å². The topological polar surface area (TPSA) is 86.2 Å². The number of thiophene rings is 1. The summed E-state index contributed by atoms with van der Waals surface area (Å²) in [6.07, 6.45) is 1.54. The Bertz CT molecular complexity index is 1170. The smallest absolute Gasteiger partial charge is 0.357 e. The molecule has 0 N–H and O–H groups in total. The highest BCUT2D eigenvalue weighted by Gasteiger charge is 2.24. The lowest BCUT2D eigenvalue weighted by Gasteiger charge is -2.09. The Labute approximate surface area is 139 Å². The van der Waals surface area contributed by atoms with Crippen LogP contribution >= 0.6 is 11.3 Å². The summed E-state index contributed by atoms with van der Waals surface area (Å²) in [5, 5.41) is 0.650. The molecule has 0 radical (unpaired) electrons. The Hall–Kier alpha value is -2.80. The molecule has 0 amide bonds. The number of carbonyl (C=O) groups excluding carboxylic acids is 1. The van der Waals surface area contributed by atoms with E-state index in [1.165, 1.54) is 18.3 Å². The Kier molecular flexibility index (Phi) is 3.14. The van der Waals surface area contributed by atoms with Crippen molar-refractivity contribution in [1.82, 2.24) is 9.97 Å². The lowest BCUT2D eigenvalue weighted by atomic mass is 9.98. The number of aromatic nitrogens is 2. The van der Waals surface area contributed by atoms with E-state index >= 15 is 0 Å². The third-order valence-electron chi connectivity index (χ3n) is 3.81. The molecule has 6 nitrogen and oxygen atoms in total. The first-order chi connectivity index (χ1) is 11.5. The van der Waals surface area contributed by atoms with Gasteiger partial charge in [0.25, 0.3) is 0 Å². The van der Waals surface area contributed by atoms with E-state index in [4.69, 9.17) is 8.83 Å². The monoisotopic (exact) mass is 340 g/mol. The van der Waals surface area contributed by atoms with Gasteiger partial charge >= 0.3 is 5.63 Å². The number of ketones is 1. The molecule has 4 aromatic rings. The van der Waals surface area contributed by atoms with Crippen LogP contribution in [0, 0.1) is 13.8 Å². The van der Waals surface area contributed by atoms with E-state index in [2.05, 4.69) is 9.97 Å². The summed E-state index contributed by atoms with van der Waals surface area (Å²) in [7, 11) is 0. The van der Waals surface area contributed by atoms with Gasteiger partial charge in [-0.2, -0.15) is 0 Å². The summed E-state index contributed by atoms with van der Waals surface area (Å²) >= 11 is 1.21. The Morgan fingerprint density at radius 1 is 1.25 bits per heavy atom. The number of furan rings is 1. The number of pyridine rings is 1. The molecule has 7 heteroatoms. The third kappa shape index (κ3) is 2.01. The number of fused-ring (bicyclic) bond motifs is 3. The number of hydrogen-bond donors (Lipinski definition) is 0. The molecule has 0 aliphatic carbocycles. The number of Topliss-reactive ketones (excluding diaryl/α,β-unsaturated/α-hetero) is 1. The zero-order valence-corrected chi connectivity index (χ0v) is 14.0. The standard InChI is InChI=1S/C17H12N2O4S/c1-7-11(8(2)20)12(10-5-4-6-22-10)13-14-15(24-16(13)18-7)17(21)23-9(3)19-14/h4-6H,1-3H3. The minimum Gasteiger partial charge on any atom is -0.464 e. The van der Waals surface area contributed by atoms with E-state index in [0.717, 1.165) is 0 Å². The maximum absolute atomic E-state index is 12.2. The Morgan fingerprint density at radius 3 is 2.71 bits per heavy atom. The second kappa shape index (κ2) is 5.10. The normalized spacial score (nSPS) is 11.5. The van der Waals surface area contributed by atoms with Crippen LogP contribution in [0.1, 0.15) is 28.9 Å². The summed E-state index contributed by atoms with van der Waals surface area (Å²) in [4.78, 5) is 33.9. The first-order valence-corrected chi connectivity index (χ1v) is 8.08. The van der Waals surface area contributed by atoms with Crippen molar-refractivity contribution in [2.24, 2.45) is 0 Å². The first kappa shape index (κ1) is 14.8. The summed E-state index contributed by atoms with van der Waals surface area (Å²) in [5.41, 5.74) is 1.73. The van der Waals surface area contributed by atoms with Gasteiger partial charge in [0.05, 0.1) is 17.5 Å². The van der Waals surface area contributed by atoms with Gasteiger partial charge in [0.1, 0.15) is 20.8 Å². The highest BCUT2D eigenvalue weighted by atomic mass is 32.1. The van der Waals surface area contributed by atoms with Crippen molar-refractivity contribution < 1.29 is 13.6 Å². The third-order valence-corrected chi connectivity index (χ3v) is 4.86. The van der Waals surface area contributed by atoms with Crippen molar-refractivity contribution in [3.63, 3.8) is 0 Å².